The number of fused-ring (bicyclic) bond motifs is 1. The molecule has 0 unspecified atom stereocenters. The number of hydrogen-bond acceptors (Lipinski definition) is 2. The normalized spacial score (nSPS) is 16.7. The van der Waals surface area contributed by atoms with Gasteiger partial charge in [0, 0.05) is 30.4 Å². The van der Waals surface area contributed by atoms with Crippen molar-refractivity contribution in [3.05, 3.63) is 36.0 Å². The van der Waals surface area contributed by atoms with Crippen LogP contribution in [0.3, 0.4) is 0 Å². The summed E-state index contributed by atoms with van der Waals surface area (Å²) >= 11 is 0. The third kappa shape index (κ3) is 2.36. The zero-order valence-corrected chi connectivity index (χ0v) is 11.1. The van der Waals surface area contributed by atoms with E-state index in [2.05, 4.69) is 10.3 Å². The maximum absolute atomic E-state index is 12.5. The lowest BCUT2D eigenvalue weighted by Gasteiger charge is -2.31. The Hall–Kier alpha value is -1.81. The van der Waals surface area contributed by atoms with Crippen LogP contribution in [0.2, 0.25) is 0 Å². The van der Waals surface area contributed by atoms with Gasteiger partial charge in [0.25, 0.3) is 5.91 Å². The number of benzene rings is 1. The fourth-order valence-electron chi connectivity index (χ4n) is 2.74. The summed E-state index contributed by atoms with van der Waals surface area (Å²) in [5.74, 6) is 0.114. The lowest BCUT2D eigenvalue weighted by molar-refractivity contribution is 0.0703. The van der Waals surface area contributed by atoms with Crippen LogP contribution in [0, 0.1) is 0 Å². The van der Waals surface area contributed by atoms with Crippen molar-refractivity contribution >= 4 is 16.8 Å². The number of nitrogens with zero attached hydrogens (tertiary/aromatic N) is 1. The van der Waals surface area contributed by atoms with Crippen LogP contribution >= 0.6 is 0 Å². The minimum absolute atomic E-state index is 0.114. The number of nitrogens with one attached hydrogen (secondary N) is 2. The van der Waals surface area contributed by atoms with Crippen LogP contribution in [-0.4, -0.2) is 42.0 Å². The van der Waals surface area contributed by atoms with Crippen molar-refractivity contribution in [1.29, 1.82) is 0 Å². The molecule has 1 aromatic carbocycles. The van der Waals surface area contributed by atoms with Gasteiger partial charge in [0.05, 0.1) is 0 Å². The van der Waals surface area contributed by atoms with Crippen molar-refractivity contribution in [3.63, 3.8) is 0 Å². The summed E-state index contributed by atoms with van der Waals surface area (Å²) in [5, 5.41) is 4.47. The lowest BCUT2D eigenvalue weighted by atomic mass is 10.0. The summed E-state index contributed by atoms with van der Waals surface area (Å²) in [7, 11) is 1.91. The van der Waals surface area contributed by atoms with Crippen LogP contribution in [0.5, 0.6) is 0 Å². The Labute approximate surface area is 112 Å². The molecule has 4 heteroatoms. The third-order valence-electron chi connectivity index (χ3n) is 3.98. The highest BCUT2D eigenvalue weighted by molar-refractivity contribution is 5.97. The number of carbonyl (C=O) groups excluding carboxylic acids is 1. The average molecular weight is 257 g/mol. The first kappa shape index (κ1) is 12.2. The maximum Gasteiger partial charge on any atom is 0.253 e. The molecular formula is C15H19N3O. The summed E-state index contributed by atoms with van der Waals surface area (Å²) in [6, 6.07) is 8.22. The molecule has 100 valence electrons. The Morgan fingerprint density at radius 3 is 2.84 bits per heavy atom. The van der Waals surface area contributed by atoms with Crippen LogP contribution in [0.25, 0.3) is 10.9 Å². The lowest BCUT2D eigenvalue weighted by Crippen LogP contribution is -2.43. The molecule has 0 bridgehead atoms. The largest absolute Gasteiger partial charge is 0.361 e. The molecule has 19 heavy (non-hydrogen) atoms. The zero-order chi connectivity index (χ0) is 13.2. The van der Waals surface area contributed by atoms with Gasteiger partial charge in [-0.2, -0.15) is 0 Å². The van der Waals surface area contributed by atoms with E-state index < -0.39 is 0 Å². The number of hydrogen-bond donors (Lipinski definition) is 2. The minimum atomic E-state index is 0.114. The second-order valence-corrected chi connectivity index (χ2v) is 5.18. The molecule has 4 nitrogen and oxygen atoms in total. The summed E-state index contributed by atoms with van der Waals surface area (Å²) < 4.78 is 0. The molecule has 1 aliphatic rings. The van der Waals surface area contributed by atoms with Crippen molar-refractivity contribution in [1.82, 2.24) is 15.2 Å². The van der Waals surface area contributed by atoms with Crippen LogP contribution in [0.1, 0.15) is 23.2 Å². The molecule has 2 N–H and O–H groups in total. The Morgan fingerprint density at radius 2 is 2.05 bits per heavy atom. The van der Waals surface area contributed by atoms with E-state index in [1.165, 1.54) is 0 Å². The number of aromatic nitrogens is 1. The molecule has 0 spiro atoms. The van der Waals surface area contributed by atoms with Crippen molar-refractivity contribution in [2.75, 3.05) is 20.1 Å². The van der Waals surface area contributed by atoms with E-state index in [1.807, 2.05) is 42.4 Å². The number of H-pyrrole nitrogens is 1. The van der Waals surface area contributed by atoms with Gasteiger partial charge < -0.3 is 15.2 Å². The molecule has 0 saturated carbocycles. The first-order valence-corrected chi connectivity index (χ1v) is 6.81. The Kier molecular flexibility index (Phi) is 3.25. The van der Waals surface area contributed by atoms with Crippen molar-refractivity contribution < 1.29 is 4.79 Å². The second-order valence-electron chi connectivity index (χ2n) is 5.18. The molecule has 0 atom stereocenters. The molecule has 2 heterocycles. The minimum Gasteiger partial charge on any atom is -0.361 e. The monoisotopic (exact) mass is 257 g/mol. The van der Waals surface area contributed by atoms with Gasteiger partial charge in [-0.05, 0) is 49.5 Å². The fourth-order valence-corrected chi connectivity index (χ4v) is 2.74. The van der Waals surface area contributed by atoms with E-state index >= 15 is 0 Å². The van der Waals surface area contributed by atoms with Crippen LogP contribution in [-0.2, 0) is 0 Å². The maximum atomic E-state index is 12.5. The quantitative estimate of drug-likeness (QED) is 0.864. The predicted octanol–water partition coefficient (Wildman–Crippen LogP) is 1.99. The van der Waals surface area contributed by atoms with E-state index in [1.54, 1.807) is 0 Å². The second kappa shape index (κ2) is 5.05. The summed E-state index contributed by atoms with van der Waals surface area (Å²) in [6.07, 6.45) is 3.97. The molecule has 1 amide bonds. The molecular weight excluding hydrogens is 238 g/mol. The van der Waals surface area contributed by atoms with Gasteiger partial charge in [-0.25, -0.2) is 0 Å². The standard InChI is InChI=1S/C15H19N3O/c1-18(13-5-7-16-8-6-13)15(19)12-3-2-11-4-9-17-14(11)10-12/h2-4,9-10,13,16-17H,5-8H2,1H3. The van der Waals surface area contributed by atoms with Crippen LogP contribution in [0.15, 0.2) is 30.5 Å². The highest BCUT2D eigenvalue weighted by Crippen LogP contribution is 2.18. The zero-order valence-electron chi connectivity index (χ0n) is 11.1. The van der Waals surface area contributed by atoms with E-state index in [-0.39, 0.29) is 5.91 Å². The van der Waals surface area contributed by atoms with E-state index in [9.17, 15) is 4.79 Å². The molecule has 1 saturated heterocycles. The number of aromatic amines is 1. The fraction of sp³-hybridized carbons (Fsp3) is 0.400. The first-order chi connectivity index (χ1) is 9.25. The summed E-state index contributed by atoms with van der Waals surface area (Å²) in [5.41, 5.74) is 1.78. The smallest absolute Gasteiger partial charge is 0.253 e. The molecule has 1 fully saturated rings. The highest BCUT2D eigenvalue weighted by Gasteiger charge is 2.22. The number of carbonyl (C=O) groups is 1. The number of rotatable bonds is 2. The Morgan fingerprint density at radius 1 is 1.26 bits per heavy atom. The van der Waals surface area contributed by atoms with Crippen LogP contribution < -0.4 is 5.32 Å². The van der Waals surface area contributed by atoms with Crippen molar-refractivity contribution in [2.45, 2.75) is 18.9 Å². The van der Waals surface area contributed by atoms with Gasteiger partial charge in [0.1, 0.15) is 0 Å². The number of amides is 1. The Bertz CT molecular complexity index is 584. The molecule has 2 aromatic rings. The average Bonchev–Trinajstić information content (AvgIpc) is 2.94. The van der Waals surface area contributed by atoms with Gasteiger partial charge in [-0.15, -0.1) is 0 Å². The van der Waals surface area contributed by atoms with Gasteiger partial charge in [0.2, 0.25) is 0 Å². The summed E-state index contributed by atoms with van der Waals surface area (Å²) in [6.45, 7) is 2.00. The molecule has 3 rings (SSSR count). The highest BCUT2D eigenvalue weighted by atomic mass is 16.2. The number of piperidine rings is 1. The van der Waals surface area contributed by atoms with Crippen LogP contribution in [0.4, 0.5) is 0 Å². The molecule has 1 aromatic heterocycles. The first-order valence-electron chi connectivity index (χ1n) is 6.81. The SMILES string of the molecule is CN(C(=O)c1ccc2cc[nH]c2c1)C1CCNCC1. The van der Waals surface area contributed by atoms with Crippen molar-refractivity contribution in [3.8, 4) is 0 Å². The van der Waals surface area contributed by atoms with E-state index in [0.29, 0.717) is 6.04 Å². The van der Waals surface area contributed by atoms with Gasteiger partial charge in [-0.3, -0.25) is 4.79 Å². The Balaban J connectivity index is 1.81. The predicted molar refractivity (Wildman–Crippen MR) is 76.3 cm³/mol. The van der Waals surface area contributed by atoms with E-state index in [0.717, 1.165) is 42.4 Å². The summed E-state index contributed by atoms with van der Waals surface area (Å²) in [4.78, 5) is 17.5. The van der Waals surface area contributed by atoms with Gasteiger partial charge in [0.15, 0.2) is 0 Å². The third-order valence-corrected chi connectivity index (χ3v) is 3.98. The van der Waals surface area contributed by atoms with E-state index in [4.69, 9.17) is 0 Å². The molecule has 0 radical (unpaired) electrons. The molecule has 0 aliphatic carbocycles. The van der Waals surface area contributed by atoms with Gasteiger partial charge >= 0.3 is 0 Å². The topological polar surface area (TPSA) is 48.1 Å². The van der Waals surface area contributed by atoms with Gasteiger partial charge in [-0.1, -0.05) is 6.07 Å². The molecule has 1 aliphatic heterocycles. The van der Waals surface area contributed by atoms with Crippen molar-refractivity contribution in [2.24, 2.45) is 0 Å².